The summed E-state index contributed by atoms with van der Waals surface area (Å²) in [5.74, 6) is 0.838. The number of hydrogen-bond donors (Lipinski definition) is 1. The third-order valence-corrected chi connectivity index (χ3v) is 3.52. The molecule has 0 amide bonds. The first-order valence-corrected chi connectivity index (χ1v) is 6.72. The van der Waals surface area contributed by atoms with Gasteiger partial charge in [-0.1, -0.05) is 18.2 Å². The molecule has 2 aromatic rings. The maximum absolute atomic E-state index is 5.85. The largest absolute Gasteiger partial charge is 0.497 e. The predicted octanol–water partition coefficient (Wildman–Crippen LogP) is 2.82. The van der Waals surface area contributed by atoms with Crippen LogP contribution in [0.2, 0.25) is 0 Å². The van der Waals surface area contributed by atoms with Crippen LogP contribution in [0, 0.1) is 0 Å². The van der Waals surface area contributed by atoms with E-state index < -0.39 is 0 Å². The molecule has 2 N–H and O–H groups in total. The molecule has 1 atom stereocenters. The standard InChI is InChI=1S/C14H17NO2S/c1-16-12-5-2-4-11(10-12)14(17-8-7-15)13-6-3-9-18-13/h2-6,9-10,14H,7-8,15H2,1H3. The minimum atomic E-state index is -0.0661. The van der Waals surface area contributed by atoms with E-state index in [0.717, 1.165) is 11.3 Å². The molecule has 3 nitrogen and oxygen atoms in total. The smallest absolute Gasteiger partial charge is 0.119 e. The Kier molecular flexibility index (Phi) is 4.75. The van der Waals surface area contributed by atoms with E-state index in [1.165, 1.54) is 4.88 Å². The third-order valence-electron chi connectivity index (χ3n) is 2.60. The van der Waals surface area contributed by atoms with Crippen molar-refractivity contribution in [3.05, 3.63) is 52.2 Å². The van der Waals surface area contributed by atoms with Crippen molar-refractivity contribution >= 4 is 11.3 Å². The Morgan fingerprint density at radius 2 is 2.17 bits per heavy atom. The molecular weight excluding hydrogens is 246 g/mol. The van der Waals surface area contributed by atoms with Crippen molar-refractivity contribution < 1.29 is 9.47 Å². The van der Waals surface area contributed by atoms with Crippen molar-refractivity contribution in [2.75, 3.05) is 20.3 Å². The topological polar surface area (TPSA) is 44.5 Å². The fourth-order valence-corrected chi connectivity index (χ4v) is 2.57. The molecule has 0 aliphatic carbocycles. The van der Waals surface area contributed by atoms with E-state index in [1.807, 2.05) is 35.7 Å². The Labute approximate surface area is 111 Å². The van der Waals surface area contributed by atoms with Crippen LogP contribution in [0.25, 0.3) is 0 Å². The van der Waals surface area contributed by atoms with Crippen molar-refractivity contribution in [2.24, 2.45) is 5.73 Å². The minimum Gasteiger partial charge on any atom is -0.497 e. The van der Waals surface area contributed by atoms with Gasteiger partial charge in [0.05, 0.1) is 13.7 Å². The Hall–Kier alpha value is -1.36. The maximum atomic E-state index is 5.85. The quantitative estimate of drug-likeness (QED) is 0.871. The molecule has 1 aromatic heterocycles. The summed E-state index contributed by atoms with van der Waals surface area (Å²) < 4.78 is 11.1. The summed E-state index contributed by atoms with van der Waals surface area (Å²) in [6.45, 7) is 1.06. The normalized spacial score (nSPS) is 12.3. The molecule has 0 fully saturated rings. The van der Waals surface area contributed by atoms with E-state index in [2.05, 4.69) is 6.07 Å². The molecule has 2 rings (SSSR count). The third kappa shape index (κ3) is 3.10. The van der Waals surface area contributed by atoms with E-state index in [-0.39, 0.29) is 6.10 Å². The highest BCUT2D eigenvalue weighted by molar-refractivity contribution is 7.10. The zero-order valence-electron chi connectivity index (χ0n) is 10.3. The first-order chi connectivity index (χ1) is 8.85. The van der Waals surface area contributed by atoms with Gasteiger partial charge in [-0.3, -0.25) is 0 Å². The molecule has 0 radical (unpaired) electrons. The Morgan fingerprint density at radius 1 is 1.28 bits per heavy atom. The van der Waals surface area contributed by atoms with Crippen LogP contribution in [-0.4, -0.2) is 20.3 Å². The second-order valence-electron chi connectivity index (χ2n) is 3.83. The summed E-state index contributed by atoms with van der Waals surface area (Å²) in [6, 6.07) is 12.0. The molecule has 4 heteroatoms. The number of benzene rings is 1. The lowest BCUT2D eigenvalue weighted by atomic mass is 10.1. The lowest BCUT2D eigenvalue weighted by Crippen LogP contribution is -2.13. The molecule has 0 spiro atoms. The predicted molar refractivity (Wildman–Crippen MR) is 74.2 cm³/mol. The highest BCUT2D eigenvalue weighted by Gasteiger charge is 2.16. The van der Waals surface area contributed by atoms with Gasteiger partial charge in [0, 0.05) is 11.4 Å². The van der Waals surface area contributed by atoms with Crippen molar-refractivity contribution in [1.82, 2.24) is 0 Å². The molecule has 18 heavy (non-hydrogen) atoms. The number of methoxy groups -OCH3 is 1. The van der Waals surface area contributed by atoms with Crippen LogP contribution >= 0.6 is 11.3 Å². The summed E-state index contributed by atoms with van der Waals surface area (Å²) in [7, 11) is 1.67. The molecular formula is C14H17NO2S. The zero-order valence-corrected chi connectivity index (χ0v) is 11.2. The molecule has 0 bridgehead atoms. The van der Waals surface area contributed by atoms with Gasteiger partial charge in [-0.15, -0.1) is 11.3 Å². The zero-order chi connectivity index (χ0) is 12.8. The molecule has 1 aromatic carbocycles. The SMILES string of the molecule is COc1cccc(C(OCCN)c2cccs2)c1. The molecule has 1 heterocycles. The van der Waals surface area contributed by atoms with Gasteiger partial charge in [0.25, 0.3) is 0 Å². The van der Waals surface area contributed by atoms with Gasteiger partial charge in [0.1, 0.15) is 11.9 Å². The number of hydrogen-bond acceptors (Lipinski definition) is 4. The van der Waals surface area contributed by atoms with Crippen LogP contribution in [0.15, 0.2) is 41.8 Å². The highest BCUT2D eigenvalue weighted by Crippen LogP contribution is 2.31. The van der Waals surface area contributed by atoms with Gasteiger partial charge in [-0.2, -0.15) is 0 Å². The second kappa shape index (κ2) is 6.54. The first kappa shape index (κ1) is 13.1. The summed E-state index contributed by atoms with van der Waals surface area (Å²) in [5, 5.41) is 2.05. The van der Waals surface area contributed by atoms with E-state index in [0.29, 0.717) is 13.2 Å². The van der Waals surface area contributed by atoms with Crippen molar-refractivity contribution in [1.29, 1.82) is 0 Å². The summed E-state index contributed by atoms with van der Waals surface area (Å²) in [6.07, 6.45) is -0.0661. The maximum Gasteiger partial charge on any atom is 0.119 e. The number of thiophene rings is 1. The average Bonchev–Trinajstić information content (AvgIpc) is 2.93. The van der Waals surface area contributed by atoms with Crippen molar-refractivity contribution in [3.8, 4) is 5.75 Å². The van der Waals surface area contributed by atoms with Crippen LogP contribution in [0.3, 0.4) is 0 Å². The van der Waals surface area contributed by atoms with Gasteiger partial charge < -0.3 is 15.2 Å². The van der Waals surface area contributed by atoms with Gasteiger partial charge in [-0.05, 0) is 29.1 Å². The lowest BCUT2D eigenvalue weighted by molar-refractivity contribution is 0.0887. The fraction of sp³-hybridized carbons (Fsp3) is 0.286. The molecule has 0 saturated heterocycles. The van der Waals surface area contributed by atoms with Crippen molar-refractivity contribution in [3.63, 3.8) is 0 Å². The molecule has 96 valence electrons. The highest BCUT2D eigenvalue weighted by atomic mass is 32.1. The van der Waals surface area contributed by atoms with Crippen LogP contribution < -0.4 is 10.5 Å². The fourth-order valence-electron chi connectivity index (χ4n) is 1.77. The minimum absolute atomic E-state index is 0.0661. The Morgan fingerprint density at radius 3 is 2.83 bits per heavy atom. The second-order valence-corrected chi connectivity index (χ2v) is 4.81. The van der Waals surface area contributed by atoms with Crippen LogP contribution in [-0.2, 0) is 4.74 Å². The molecule has 1 unspecified atom stereocenters. The van der Waals surface area contributed by atoms with E-state index in [9.17, 15) is 0 Å². The number of ether oxygens (including phenoxy) is 2. The van der Waals surface area contributed by atoms with Gasteiger partial charge in [-0.25, -0.2) is 0 Å². The summed E-state index contributed by atoms with van der Waals surface area (Å²) >= 11 is 1.68. The molecule has 0 aliphatic rings. The van der Waals surface area contributed by atoms with Crippen LogP contribution in [0.4, 0.5) is 0 Å². The summed E-state index contributed by atoms with van der Waals surface area (Å²) in [4.78, 5) is 1.18. The monoisotopic (exact) mass is 263 g/mol. The van der Waals surface area contributed by atoms with E-state index >= 15 is 0 Å². The van der Waals surface area contributed by atoms with E-state index in [4.69, 9.17) is 15.2 Å². The van der Waals surface area contributed by atoms with E-state index in [1.54, 1.807) is 18.4 Å². The molecule has 0 saturated carbocycles. The van der Waals surface area contributed by atoms with Crippen LogP contribution in [0.1, 0.15) is 16.5 Å². The number of nitrogens with two attached hydrogens (primary N) is 1. The molecule has 0 aliphatic heterocycles. The first-order valence-electron chi connectivity index (χ1n) is 5.84. The Bertz CT molecular complexity index is 470. The Balaban J connectivity index is 2.27. The number of rotatable bonds is 6. The summed E-state index contributed by atoms with van der Waals surface area (Å²) in [5.41, 5.74) is 6.61. The lowest BCUT2D eigenvalue weighted by Gasteiger charge is -2.17. The van der Waals surface area contributed by atoms with Crippen molar-refractivity contribution in [2.45, 2.75) is 6.10 Å². The van der Waals surface area contributed by atoms with Gasteiger partial charge in [0.2, 0.25) is 0 Å². The van der Waals surface area contributed by atoms with Crippen LogP contribution in [0.5, 0.6) is 5.75 Å². The average molecular weight is 263 g/mol. The van der Waals surface area contributed by atoms with Gasteiger partial charge >= 0.3 is 0 Å². The van der Waals surface area contributed by atoms with Gasteiger partial charge in [0.15, 0.2) is 0 Å².